The number of unbranched alkanes of at least 4 members (excludes halogenated alkanes) is 20. The Bertz CT molecular complexity index is 445. The number of hydrogen-bond donors (Lipinski definition) is 0. The second-order valence-electron chi connectivity index (χ2n) is 15.5. The molecule has 0 N–H and O–H groups in total. The number of nitrogens with zero attached hydrogens (tertiary/aromatic N) is 2. The molecule has 0 unspecified atom stereocenters. The second kappa shape index (κ2) is 37.7. The van der Waals surface area contributed by atoms with E-state index in [1.807, 2.05) is 0 Å². The number of rotatable bonds is 36. The predicted molar refractivity (Wildman–Crippen MR) is 214 cm³/mol. The second-order valence-corrected chi connectivity index (χ2v) is 15.5. The van der Waals surface area contributed by atoms with E-state index in [2.05, 4.69) is 55.4 Å². The SMILES string of the molecule is CCCCCCC[N+](CCCCCCC)(CCCCCCC)CCCCCCC.CCCC[N+](CCCC)(CCCC)CCCC. The number of quaternary nitrogens is 2. The van der Waals surface area contributed by atoms with Gasteiger partial charge in [-0.25, -0.2) is 0 Å². The van der Waals surface area contributed by atoms with Gasteiger partial charge in [0.2, 0.25) is 0 Å². The molecule has 0 bridgehead atoms. The van der Waals surface area contributed by atoms with Gasteiger partial charge >= 0.3 is 0 Å². The van der Waals surface area contributed by atoms with Gasteiger partial charge in [0.05, 0.1) is 52.4 Å². The van der Waals surface area contributed by atoms with E-state index in [4.69, 9.17) is 0 Å². The summed E-state index contributed by atoms with van der Waals surface area (Å²) in [6.07, 6.45) is 39.9. The minimum Gasteiger partial charge on any atom is -0.324 e. The van der Waals surface area contributed by atoms with Crippen LogP contribution in [0.5, 0.6) is 0 Å². The van der Waals surface area contributed by atoms with Gasteiger partial charge in [-0.3, -0.25) is 0 Å². The van der Waals surface area contributed by atoms with Crippen LogP contribution in [-0.4, -0.2) is 61.3 Å². The highest BCUT2D eigenvalue weighted by molar-refractivity contribution is 4.55. The molecule has 0 atom stereocenters. The van der Waals surface area contributed by atoms with Crippen molar-refractivity contribution in [3.05, 3.63) is 0 Å². The van der Waals surface area contributed by atoms with E-state index in [-0.39, 0.29) is 0 Å². The van der Waals surface area contributed by atoms with Crippen LogP contribution < -0.4 is 0 Å². The molecule has 0 radical (unpaired) electrons. The van der Waals surface area contributed by atoms with E-state index in [0.717, 1.165) is 0 Å². The lowest BCUT2D eigenvalue weighted by Crippen LogP contribution is -2.50. The molecule has 0 aromatic heterocycles. The lowest BCUT2D eigenvalue weighted by molar-refractivity contribution is -0.929. The molecule has 0 fully saturated rings. The molecule has 0 aromatic carbocycles. The minimum absolute atomic E-state index is 1.35. The summed E-state index contributed by atoms with van der Waals surface area (Å²) in [6, 6.07) is 0. The van der Waals surface area contributed by atoms with Gasteiger partial charge in [0.1, 0.15) is 0 Å². The Kier molecular flexibility index (Phi) is 39.4. The Balaban J connectivity index is 0. The van der Waals surface area contributed by atoms with Crippen molar-refractivity contribution in [1.29, 1.82) is 0 Å². The maximum atomic E-state index is 2.34. The fourth-order valence-electron chi connectivity index (χ4n) is 7.52. The van der Waals surface area contributed by atoms with Crippen molar-refractivity contribution >= 4 is 0 Å². The monoisotopic (exact) mass is 653 g/mol. The molecule has 0 aliphatic rings. The van der Waals surface area contributed by atoms with Gasteiger partial charge in [-0.15, -0.1) is 0 Å². The van der Waals surface area contributed by atoms with Crippen molar-refractivity contribution in [1.82, 2.24) is 0 Å². The minimum atomic E-state index is 1.35. The van der Waals surface area contributed by atoms with Crippen LogP contribution in [-0.2, 0) is 0 Å². The Morgan fingerprint density at radius 2 is 0.326 bits per heavy atom. The average Bonchev–Trinajstić information content (AvgIpc) is 3.07. The summed E-state index contributed by atoms with van der Waals surface area (Å²) in [5.41, 5.74) is 0. The zero-order chi connectivity index (χ0) is 34.5. The van der Waals surface area contributed by atoms with Gasteiger partial charge < -0.3 is 8.97 Å². The summed E-state index contributed by atoms with van der Waals surface area (Å²) >= 11 is 0. The zero-order valence-corrected chi connectivity index (χ0v) is 34.4. The highest BCUT2D eigenvalue weighted by Gasteiger charge is 2.26. The van der Waals surface area contributed by atoms with Crippen LogP contribution in [0.15, 0.2) is 0 Å². The molecular formula is C44H96N2+2. The predicted octanol–water partition coefficient (Wildman–Crippen LogP) is 14.7. The first-order chi connectivity index (χ1) is 22.5. The highest BCUT2D eigenvalue weighted by Crippen LogP contribution is 2.21. The van der Waals surface area contributed by atoms with E-state index in [9.17, 15) is 0 Å². The fraction of sp³-hybridized carbons (Fsp3) is 1.00. The van der Waals surface area contributed by atoms with Gasteiger partial charge in [0.25, 0.3) is 0 Å². The molecule has 0 heterocycles. The van der Waals surface area contributed by atoms with Crippen LogP contribution in [0.2, 0.25) is 0 Å². The van der Waals surface area contributed by atoms with Crippen molar-refractivity contribution in [2.75, 3.05) is 52.4 Å². The third kappa shape index (κ3) is 30.0. The Labute approximate surface area is 295 Å². The molecular weight excluding hydrogens is 556 g/mol. The Hall–Kier alpha value is -0.0800. The Morgan fingerprint density at radius 3 is 0.500 bits per heavy atom. The van der Waals surface area contributed by atoms with Crippen LogP contribution >= 0.6 is 0 Å². The molecule has 0 aromatic rings. The van der Waals surface area contributed by atoms with Gasteiger partial charge in [0.15, 0.2) is 0 Å². The largest absolute Gasteiger partial charge is 0.324 e. The van der Waals surface area contributed by atoms with E-state index in [1.165, 1.54) is 241 Å². The average molecular weight is 653 g/mol. The van der Waals surface area contributed by atoms with E-state index in [0.29, 0.717) is 0 Å². The van der Waals surface area contributed by atoms with Gasteiger partial charge in [-0.2, -0.15) is 0 Å². The summed E-state index contributed by atoms with van der Waals surface area (Å²) in [4.78, 5) is 0. The van der Waals surface area contributed by atoms with Crippen molar-refractivity contribution in [3.8, 4) is 0 Å². The van der Waals surface area contributed by atoms with Crippen molar-refractivity contribution in [3.63, 3.8) is 0 Å². The highest BCUT2D eigenvalue weighted by atomic mass is 15.4. The fourth-order valence-corrected chi connectivity index (χ4v) is 7.52. The smallest absolute Gasteiger partial charge is 0.0786 e. The summed E-state index contributed by atoms with van der Waals surface area (Å²) in [5, 5.41) is 0. The quantitative estimate of drug-likeness (QED) is 0.0467. The first-order valence-electron chi connectivity index (χ1n) is 22.2. The van der Waals surface area contributed by atoms with E-state index >= 15 is 0 Å². The summed E-state index contributed by atoms with van der Waals surface area (Å²) in [6.45, 7) is 30.2. The molecule has 0 spiro atoms. The Morgan fingerprint density at radius 1 is 0.174 bits per heavy atom. The molecule has 0 saturated carbocycles. The third-order valence-electron chi connectivity index (χ3n) is 10.9. The topological polar surface area (TPSA) is 0 Å². The maximum Gasteiger partial charge on any atom is 0.0786 e. The molecule has 0 amide bonds. The summed E-state index contributed by atoms with van der Waals surface area (Å²) in [7, 11) is 0. The zero-order valence-electron chi connectivity index (χ0n) is 34.4. The van der Waals surface area contributed by atoms with Crippen molar-refractivity contribution in [2.24, 2.45) is 0 Å². The third-order valence-corrected chi connectivity index (χ3v) is 10.9. The molecule has 0 aliphatic heterocycles. The van der Waals surface area contributed by atoms with Crippen molar-refractivity contribution < 1.29 is 8.97 Å². The lowest BCUT2D eigenvalue weighted by Gasteiger charge is -2.39. The molecule has 2 heteroatoms. The van der Waals surface area contributed by atoms with E-state index in [1.54, 1.807) is 0 Å². The van der Waals surface area contributed by atoms with Crippen LogP contribution in [0.4, 0.5) is 0 Å². The van der Waals surface area contributed by atoms with Crippen LogP contribution in [0.3, 0.4) is 0 Å². The number of hydrogen-bond acceptors (Lipinski definition) is 0. The molecule has 0 saturated heterocycles. The molecule has 280 valence electrons. The van der Waals surface area contributed by atoms with Gasteiger partial charge in [-0.05, 0) is 77.0 Å². The molecule has 46 heavy (non-hydrogen) atoms. The van der Waals surface area contributed by atoms with E-state index < -0.39 is 0 Å². The maximum absolute atomic E-state index is 2.34. The first-order valence-corrected chi connectivity index (χ1v) is 22.2. The van der Waals surface area contributed by atoms with Crippen LogP contribution in [0.1, 0.15) is 235 Å². The van der Waals surface area contributed by atoms with Gasteiger partial charge in [-0.1, -0.05) is 158 Å². The van der Waals surface area contributed by atoms with Crippen LogP contribution in [0, 0.1) is 0 Å². The van der Waals surface area contributed by atoms with Crippen LogP contribution in [0.25, 0.3) is 0 Å². The molecule has 2 nitrogen and oxygen atoms in total. The first kappa shape index (κ1) is 48.0. The normalized spacial score (nSPS) is 12.0. The molecule has 0 rings (SSSR count). The summed E-state index contributed by atoms with van der Waals surface area (Å²) in [5.74, 6) is 0. The molecule has 0 aliphatic carbocycles. The standard InChI is InChI=1S/C28H60N.C16H36N/c1-5-9-13-17-21-25-29(26-22-18-14-10-6-2,27-23-19-15-11-7-3)28-24-20-16-12-8-4;1-5-9-13-17(14-10-6-2,15-11-7-3)16-12-8-4/h5-28H2,1-4H3;5-16H2,1-4H3/q2*+1. The lowest BCUT2D eigenvalue weighted by atomic mass is 10.1. The van der Waals surface area contributed by atoms with Gasteiger partial charge in [0, 0.05) is 0 Å². The van der Waals surface area contributed by atoms with Crippen molar-refractivity contribution in [2.45, 2.75) is 235 Å². The summed E-state index contributed by atoms with van der Waals surface area (Å²) < 4.78 is 2.89.